The quantitative estimate of drug-likeness (QED) is 0.702. The van der Waals surface area contributed by atoms with Crippen molar-refractivity contribution in [2.24, 2.45) is 0 Å². The summed E-state index contributed by atoms with van der Waals surface area (Å²) in [7, 11) is 1.75. The second-order valence-electron chi connectivity index (χ2n) is 3.47. The van der Waals surface area contributed by atoms with Crippen molar-refractivity contribution in [2.75, 3.05) is 40.0 Å². The molecule has 2 atom stereocenters. The third-order valence-corrected chi connectivity index (χ3v) is 2.84. The van der Waals surface area contributed by atoms with Gasteiger partial charge in [-0.3, -0.25) is 4.90 Å². The standard InChI is InChI=1S/C9H18BrNO2/c1-8(6-12-2)11-3-4-13-7-9(10)5-11/h8-9H,3-7H2,1-2H3. The lowest BCUT2D eigenvalue weighted by molar-refractivity contribution is 0.0912. The van der Waals surface area contributed by atoms with Crippen LogP contribution in [0.5, 0.6) is 0 Å². The third kappa shape index (κ3) is 3.94. The molecule has 0 radical (unpaired) electrons. The number of hydrogen-bond donors (Lipinski definition) is 0. The highest BCUT2D eigenvalue weighted by molar-refractivity contribution is 9.09. The third-order valence-electron chi connectivity index (χ3n) is 2.29. The van der Waals surface area contributed by atoms with Crippen molar-refractivity contribution in [3.8, 4) is 0 Å². The summed E-state index contributed by atoms with van der Waals surface area (Å²) in [6.07, 6.45) is 0. The molecule has 0 N–H and O–H groups in total. The highest BCUT2D eigenvalue weighted by Gasteiger charge is 2.20. The first-order valence-electron chi connectivity index (χ1n) is 4.69. The maximum Gasteiger partial charge on any atom is 0.0615 e. The Morgan fingerprint density at radius 2 is 2.46 bits per heavy atom. The molecule has 0 aliphatic carbocycles. The first-order valence-corrected chi connectivity index (χ1v) is 5.60. The van der Waals surface area contributed by atoms with E-state index in [1.54, 1.807) is 7.11 Å². The summed E-state index contributed by atoms with van der Waals surface area (Å²) in [4.78, 5) is 2.85. The van der Waals surface area contributed by atoms with Gasteiger partial charge in [0.2, 0.25) is 0 Å². The molecule has 0 amide bonds. The zero-order valence-corrected chi connectivity index (χ0v) is 9.92. The van der Waals surface area contributed by atoms with E-state index in [-0.39, 0.29) is 0 Å². The van der Waals surface area contributed by atoms with Gasteiger partial charge in [-0.2, -0.15) is 0 Å². The SMILES string of the molecule is COCC(C)N1CCOCC(Br)C1. The van der Waals surface area contributed by atoms with Gasteiger partial charge in [0.15, 0.2) is 0 Å². The second kappa shape index (κ2) is 5.96. The lowest BCUT2D eigenvalue weighted by atomic mass is 10.3. The molecular formula is C9H18BrNO2. The number of rotatable bonds is 3. The number of alkyl halides is 1. The van der Waals surface area contributed by atoms with E-state index in [9.17, 15) is 0 Å². The molecule has 1 heterocycles. The Balaban J connectivity index is 2.37. The molecule has 1 rings (SSSR count). The average molecular weight is 252 g/mol. The lowest BCUT2D eigenvalue weighted by Crippen LogP contribution is -2.40. The van der Waals surface area contributed by atoms with Gasteiger partial charge in [-0.1, -0.05) is 15.9 Å². The molecule has 1 aliphatic heterocycles. The van der Waals surface area contributed by atoms with Crippen LogP contribution < -0.4 is 0 Å². The number of hydrogen-bond acceptors (Lipinski definition) is 3. The molecular weight excluding hydrogens is 234 g/mol. The van der Waals surface area contributed by atoms with E-state index in [1.807, 2.05) is 0 Å². The van der Waals surface area contributed by atoms with Crippen LogP contribution in [0, 0.1) is 0 Å². The molecule has 0 saturated carbocycles. The molecule has 2 unspecified atom stereocenters. The maximum atomic E-state index is 5.44. The molecule has 13 heavy (non-hydrogen) atoms. The van der Waals surface area contributed by atoms with Crippen molar-refractivity contribution in [1.29, 1.82) is 0 Å². The monoisotopic (exact) mass is 251 g/mol. The first kappa shape index (κ1) is 11.4. The second-order valence-corrected chi connectivity index (χ2v) is 4.77. The highest BCUT2D eigenvalue weighted by atomic mass is 79.9. The number of halogens is 1. The number of ether oxygens (including phenoxy) is 2. The summed E-state index contributed by atoms with van der Waals surface area (Å²) < 4.78 is 10.6. The van der Waals surface area contributed by atoms with Gasteiger partial charge >= 0.3 is 0 Å². The summed E-state index contributed by atoms with van der Waals surface area (Å²) in [5.74, 6) is 0. The Bertz CT molecular complexity index is 146. The van der Waals surface area contributed by atoms with E-state index in [0.717, 1.165) is 32.9 Å². The molecule has 0 aromatic heterocycles. The van der Waals surface area contributed by atoms with Crippen LogP contribution in [0.25, 0.3) is 0 Å². The molecule has 0 aromatic rings. The molecule has 3 nitrogen and oxygen atoms in total. The fourth-order valence-corrected chi connectivity index (χ4v) is 2.10. The summed E-state index contributed by atoms with van der Waals surface area (Å²) in [6.45, 7) is 6.68. The molecule has 0 aromatic carbocycles. The smallest absolute Gasteiger partial charge is 0.0615 e. The highest BCUT2D eigenvalue weighted by Crippen LogP contribution is 2.10. The van der Waals surface area contributed by atoms with E-state index in [1.165, 1.54) is 0 Å². The Hall–Kier alpha value is 0.360. The minimum Gasteiger partial charge on any atom is -0.383 e. The van der Waals surface area contributed by atoms with Crippen molar-refractivity contribution >= 4 is 15.9 Å². The van der Waals surface area contributed by atoms with Crippen molar-refractivity contribution in [3.63, 3.8) is 0 Å². The van der Waals surface area contributed by atoms with Crippen LogP contribution in [0.4, 0.5) is 0 Å². The van der Waals surface area contributed by atoms with Gasteiger partial charge in [0, 0.05) is 26.2 Å². The van der Waals surface area contributed by atoms with E-state index in [0.29, 0.717) is 10.9 Å². The predicted molar refractivity (Wildman–Crippen MR) is 56.4 cm³/mol. The van der Waals surface area contributed by atoms with Crippen LogP contribution in [0.2, 0.25) is 0 Å². The van der Waals surface area contributed by atoms with Crippen LogP contribution in [-0.4, -0.2) is 55.8 Å². The lowest BCUT2D eigenvalue weighted by Gasteiger charge is -2.27. The number of methoxy groups -OCH3 is 1. The van der Waals surface area contributed by atoms with Gasteiger partial charge in [-0.05, 0) is 6.92 Å². The molecule has 78 valence electrons. The minimum atomic E-state index is 0.453. The van der Waals surface area contributed by atoms with Crippen LogP contribution in [0.3, 0.4) is 0 Å². The molecule has 1 aliphatic rings. The van der Waals surface area contributed by atoms with Crippen molar-refractivity contribution in [2.45, 2.75) is 17.8 Å². The molecule has 0 bridgehead atoms. The van der Waals surface area contributed by atoms with Gasteiger partial charge < -0.3 is 9.47 Å². The van der Waals surface area contributed by atoms with Crippen molar-refractivity contribution in [3.05, 3.63) is 0 Å². The maximum absolute atomic E-state index is 5.44. The van der Waals surface area contributed by atoms with Gasteiger partial charge in [0.05, 0.1) is 24.6 Å². The van der Waals surface area contributed by atoms with Crippen molar-refractivity contribution in [1.82, 2.24) is 4.90 Å². The zero-order valence-electron chi connectivity index (χ0n) is 8.33. The van der Waals surface area contributed by atoms with Gasteiger partial charge in [0.1, 0.15) is 0 Å². The van der Waals surface area contributed by atoms with E-state index < -0.39 is 0 Å². The summed E-state index contributed by atoms with van der Waals surface area (Å²) in [5.41, 5.74) is 0. The Morgan fingerprint density at radius 3 is 3.15 bits per heavy atom. The fourth-order valence-electron chi connectivity index (χ4n) is 1.54. The van der Waals surface area contributed by atoms with E-state index in [2.05, 4.69) is 27.8 Å². The van der Waals surface area contributed by atoms with Crippen molar-refractivity contribution < 1.29 is 9.47 Å². The van der Waals surface area contributed by atoms with E-state index >= 15 is 0 Å². The Kier molecular flexibility index (Phi) is 5.24. The minimum absolute atomic E-state index is 0.453. The van der Waals surface area contributed by atoms with Crippen LogP contribution >= 0.6 is 15.9 Å². The molecule has 0 spiro atoms. The van der Waals surface area contributed by atoms with Crippen LogP contribution in [0.15, 0.2) is 0 Å². The summed E-state index contributed by atoms with van der Waals surface area (Å²) >= 11 is 3.59. The van der Waals surface area contributed by atoms with Gasteiger partial charge in [-0.15, -0.1) is 0 Å². The fraction of sp³-hybridized carbons (Fsp3) is 1.00. The topological polar surface area (TPSA) is 21.7 Å². The molecule has 1 fully saturated rings. The largest absolute Gasteiger partial charge is 0.383 e. The average Bonchev–Trinajstić information content (AvgIpc) is 2.30. The molecule has 1 saturated heterocycles. The Morgan fingerprint density at radius 1 is 1.69 bits per heavy atom. The normalized spacial score (nSPS) is 28.4. The van der Waals surface area contributed by atoms with E-state index in [4.69, 9.17) is 9.47 Å². The number of nitrogens with zero attached hydrogens (tertiary/aromatic N) is 1. The van der Waals surface area contributed by atoms with Gasteiger partial charge in [-0.25, -0.2) is 0 Å². The van der Waals surface area contributed by atoms with Crippen LogP contribution in [0.1, 0.15) is 6.92 Å². The van der Waals surface area contributed by atoms with Gasteiger partial charge in [0.25, 0.3) is 0 Å². The molecule has 4 heteroatoms. The first-order chi connectivity index (χ1) is 6.24. The zero-order chi connectivity index (χ0) is 9.68. The Labute approximate surface area is 88.5 Å². The predicted octanol–water partition coefficient (Wildman–Crippen LogP) is 1.12. The summed E-state index contributed by atoms with van der Waals surface area (Å²) in [5, 5.41) is 0. The van der Waals surface area contributed by atoms with Crippen LogP contribution in [-0.2, 0) is 9.47 Å². The summed E-state index contributed by atoms with van der Waals surface area (Å²) in [6, 6.07) is 0.478.